The molecule has 0 spiro atoms. The molecular weight excluding hydrogens is 441 g/mol. The lowest BCUT2D eigenvalue weighted by Crippen LogP contribution is -2.40. The predicted octanol–water partition coefficient (Wildman–Crippen LogP) is 3.71. The molecule has 2 aromatic heterocycles. The third-order valence-electron chi connectivity index (χ3n) is 5.40. The number of fused-ring (bicyclic) bond motifs is 1. The van der Waals surface area contributed by atoms with Gasteiger partial charge in [0.1, 0.15) is 5.75 Å². The molecule has 3 heterocycles. The normalized spacial score (nSPS) is 15.0. The van der Waals surface area contributed by atoms with E-state index < -0.39 is 6.36 Å². The second-order valence-electron chi connectivity index (χ2n) is 7.56. The number of nitrogens with zero attached hydrogens (tertiary/aromatic N) is 4. The largest absolute Gasteiger partial charge is 0.573 e. The number of aromatic nitrogens is 3. The van der Waals surface area contributed by atoms with Gasteiger partial charge >= 0.3 is 12.3 Å². The van der Waals surface area contributed by atoms with E-state index in [0.717, 1.165) is 0 Å². The van der Waals surface area contributed by atoms with E-state index in [4.69, 9.17) is 4.74 Å². The van der Waals surface area contributed by atoms with Gasteiger partial charge < -0.3 is 14.4 Å². The summed E-state index contributed by atoms with van der Waals surface area (Å²) in [5.74, 6) is -0.591. The second kappa shape index (κ2) is 9.08. The summed E-state index contributed by atoms with van der Waals surface area (Å²) >= 11 is 0. The molecule has 1 aliphatic heterocycles. The highest BCUT2D eigenvalue weighted by molar-refractivity contribution is 5.94. The molecule has 174 valence electrons. The lowest BCUT2D eigenvalue weighted by Gasteiger charge is -2.30. The maximum absolute atomic E-state index is 13.0. The number of alkyl halides is 3. The standard InChI is InChI=1S/C22H21F3N4O4/c1-2-32-21(31)15-9-11-28(12-10-15)20(30)16-5-8-18-26-27-19(29(18)13-16)14-3-6-17(7-4-14)33-22(23,24)25/h3-8,13,15H,2,9-12H2,1H3. The third-order valence-corrected chi connectivity index (χ3v) is 5.40. The Labute approximate surface area is 186 Å². The van der Waals surface area contributed by atoms with E-state index in [9.17, 15) is 22.8 Å². The topological polar surface area (TPSA) is 86.0 Å². The zero-order valence-electron chi connectivity index (χ0n) is 17.7. The Morgan fingerprint density at radius 1 is 1.06 bits per heavy atom. The fraction of sp³-hybridized carbons (Fsp3) is 0.364. The van der Waals surface area contributed by atoms with Crippen molar-refractivity contribution in [1.82, 2.24) is 19.5 Å². The number of piperidine rings is 1. The van der Waals surface area contributed by atoms with E-state index in [2.05, 4.69) is 14.9 Å². The average Bonchev–Trinajstić information content (AvgIpc) is 3.21. The number of likely N-dealkylation sites (tertiary alicyclic amines) is 1. The molecule has 11 heteroatoms. The maximum Gasteiger partial charge on any atom is 0.573 e. The van der Waals surface area contributed by atoms with Crippen molar-refractivity contribution in [2.75, 3.05) is 19.7 Å². The fourth-order valence-electron chi connectivity index (χ4n) is 3.78. The molecule has 0 radical (unpaired) electrons. The minimum atomic E-state index is -4.77. The van der Waals surface area contributed by atoms with Crippen LogP contribution in [0.5, 0.6) is 5.75 Å². The minimum Gasteiger partial charge on any atom is -0.466 e. The van der Waals surface area contributed by atoms with Gasteiger partial charge in [0, 0.05) is 24.8 Å². The smallest absolute Gasteiger partial charge is 0.466 e. The molecule has 0 atom stereocenters. The van der Waals surface area contributed by atoms with Crippen LogP contribution in [0.15, 0.2) is 42.6 Å². The number of carbonyl (C=O) groups is 2. The molecule has 4 rings (SSSR count). The van der Waals surface area contributed by atoms with Crippen LogP contribution in [-0.4, -0.2) is 57.4 Å². The number of benzene rings is 1. The van der Waals surface area contributed by atoms with E-state index in [1.165, 1.54) is 24.3 Å². The summed E-state index contributed by atoms with van der Waals surface area (Å²) in [6.45, 7) is 2.97. The van der Waals surface area contributed by atoms with Crippen molar-refractivity contribution in [1.29, 1.82) is 0 Å². The van der Waals surface area contributed by atoms with Crippen LogP contribution < -0.4 is 4.74 Å². The van der Waals surface area contributed by atoms with Crippen LogP contribution in [0, 0.1) is 5.92 Å². The number of rotatable bonds is 5. The Kier molecular flexibility index (Phi) is 6.21. The Hall–Kier alpha value is -3.63. The van der Waals surface area contributed by atoms with Crippen LogP contribution in [0.4, 0.5) is 13.2 Å². The monoisotopic (exact) mass is 462 g/mol. The Bertz CT molecular complexity index is 1150. The van der Waals surface area contributed by atoms with Crippen LogP contribution >= 0.6 is 0 Å². The van der Waals surface area contributed by atoms with Gasteiger partial charge in [-0.25, -0.2) is 0 Å². The lowest BCUT2D eigenvalue weighted by atomic mass is 9.96. The molecule has 33 heavy (non-hydrogen) atoms. The minimum absolute atomic E-state index is 0.187. The quantitative estimate of drug-likeness (QED) is 0.538. The third kappa shape index (κ3) is 5.07. The van der Waals surface area contributed by atoms with Crippen molar-refractivity contribution in [3.05, 3.63) is 48.2 Å². The molecular formula is C22H21F3N4O4. The first-order chi connectivity index (χ1) is 15.7. The number of ether oxygens (including phenoxy) is 2. The Morgan fingerprint density at radius 2 is 1.76 bits per heavy atom. The molecule has 0 unspecified atom stereocenters. The number of amides is 1. The number of esters is 1. The van der Waals surface area contributed by atoms with E-state index in [0.29, 0.717) is 55.1 Å². The summed E-state index contributed by atoms with van der Waals surface area (Å²) in [6.07, 6.45) is -2.10. The van der Waals surface area contributed by atoms with Crippen LogP contribution in [-0.2, 0) is 9.53 Å². The summed E-state index contributed by atoms with van der Waals surface area (Å²) in [6, 6.07) is 8.54. The van der Waals surface area contributed by atoms with E-state index in [1.807, 2.05) is 0 Å². The highest BCUT2D eigenvalue weighted by atomic mass is 19.4. The fourth-order valence-corrected chi connectivity index (χ4v) is 3.78. The molecule has 0 N–H and O–H groups in total. The van der Waals surface area contributed by atoms with Gasteiger partial charge in [0.2, 0.25) is 0 Å². The molecule has 3 aromatic rings. The highest BCUT2D eigenvalue weighted by Gasteiger charge is 2.31. The van der Waals surface area contributed by atoms with Gasteiger partial charge in [-0.05, 0) is 56.2 Å². The van der Waals surface area contributed by atoms with Crippen LogP contribution in [0.3, 0.4) is 0 Å². The van der Waals surface area contributed by atoms with Crippen molar-refractivity contribution in [3.63, 3.8) is 0 Å². The molecule has 1 fully saturated rings. The molecule has 0 saturated carbocycles. The van der Waals surface area contributed by atoms with Gasteiger partial charge in [-0.1, -0.05) is 0 Å². The van der Waals surface area contributed by atoms with Crippen molar-refractivity contribution in [2.45, 2.75) is 26.1 Å². The molecule has 1 amide bonds. The summed E-state index contributed by atoms with van der Waals surface area (Å²) in [7, 11) is 0. The first-order valence-corrected chi connectivity index (χ1v) is 10.4. The first-order valence-electron chi connectivity index (χ1n) is 10.4. The summed E-state index contributed by atoms with van der Waals surface area (Å²) in [5.41, 5.74) is 1.41. The van der Waals surface area contributed by atoms with Gasteiger partial charge in [-0.2, -0.15) is 0 Å². The Balaban J connectivity index is 1.51. The highest BCUT2D eigenvalue weighted by Crippen LogP contribution is 2.27. The van der Waals surface area contributed by atoms with Gasteiger partial charge in [0.15, 0.2) is 11.5 Å². The second-order valence-corrected chi connectivity index (χ2v) is 7.56. The van der Waals surface area contributed by atoms with Crippen LogP contribution in [0.25, 0.3) is 17.0 Å². The molecule has 8 nitrogen and oxygen atoms in total. The first kappa shape index (κ1) is 22.6. The zero-order valence-corrected chi connectivity index (χ0v) is 17.7. The number of carbonyl (C=O) groups excluding carboxylic acids is 2. The summed E-state index contributed by atoms with van der Waals surface area (Å²) < 4.78 is 47.7. The number of hydrogen-bond donors (Lipinski definition) is 0. The molecule has 1 aliphatic rings. The van der Waals surface area contributed by atoms with Crippen molar-refractivity contribution >= 4 is 17.5 Å². The number of halogens is 3. The Morgan fingerprint density at radius 3 is 2.39 bits per heavy atom. The van der Waals surface area contributed by atoms with Crippen molar-refractivity contribution < 1.29 is 32.2 Å². The van der Waals surface area contributed by atoms with E-state index in [-0.39, 0.29) is 23.5 Å². The predicted molar refractivity (Wildman–Crippen MR) is 110 cm³/mol. The van der Waals surface area contributed by atoms with Gasteiger partial charge in [0.05, 0.1) is 18.1 Å². The van der Waals surface area contributed by atoms with Gasteiger partial charge in [-0.3, -0.25) is 14.0 Å². The van der Waals surface area contributed by atoms with Crippen LogP contribution in [0.1, 0.15) is 30.1 Å². The van der Waals surface area contributed by atoms with E-state index in [1.54, 1.807) is 34.6 Å². The molecule has 0 bridgehead atoms. The zero-order chi connectivity index (χ0) is 23.6. The van der Waals surface area contributed by atoms with Crippen molar-refractivity contribution in [2.24, 2.45) is 5.92 Å². The van der Waals surface area contributed by atoms with Gasteiger partial charge in [0.25, 0.3) is 5.91 Å². The lowest BCUT2D eigenvalue weighted by molar-refractivity contribution is -0.274. The van der Waals surface area contributed by atoms with Crippen molar-refractivity contribution in [3.8, 4) is 17.1 Å². The molecule has 0 aliphatic carbocycles. The molecule has 1 saturated heterocycles. The number of hydrogen-bond acceptors (Lipinski definition) is 6. The summed E-state index contributed by atoms with van der Waals surface area (Å²) in [4.78, 5) is 26.6. The maximum atomic E-state index is 13.0. The SMILES string of the molecule is CCOC(=O)C1CCN(C(=O)c2ccc3nnc(-c4ccc(OC(F)(F)F)cc4)n3c2)CC1. The van der Waals surface area contributed by atoms with E-state index >= 15 is 0 Å². The number of pyridine rings is 1. The average molecular weight is 462 g/mol. The van der Waals surface area contributed by atoms with Gasteiger partial charge in [-0.15, -0.1) is 23.4 Å². The summed E-state index contributed by atoms with van der Waals surface area (Å²) in [5, 5.41) is 8.17. The van der Waals surface area contributed by atoms with Crippen LogP contribution in [0.2, 0.25) is 0 Å². The molecule has 1 aromatic carbocycles.